The van der Waals surface area contributed by atoms with E-state index in [-0.39, 0.29) is 23.7 Å². The topological polar surface area (TPSA) is 52.6 Å². The van der Waals surface area contributed by atoms with E-state index >= 15 is 0 Å². The van der Waals surface area contributed by atoms with Gasteiger partial charge in [-0.05, 0) is 32.8 Å². The lowest BCUT2D eigenvalue weighted by atomic mass is 10.1. The van der Waals surface area contributed by atoms with E-state index in [0.29, 0.717) is 0 Å². The number of carbonyl (C=O) groups excluding carboxylic acids is 1. The van der Waals surface area contributed by atoms with Gasteiger partial charge in [0, 0.05) is 24.7 Å². The second-order valence-corrected chi connectivity index (χ2v) is 5.20. The van der Waals surface area contributed by atoms with E-state index in [1.54, 1.807) is 12.1 Å². The highest BCUT2D eigenvalue weighted by molar-refractivity contribution is 5.81. The van der Waals surface area contributed by atoms with Crippen LogP contribution in [-0.2, 0) is 4.79 Å². The normalized spacial score (nSPS) is 18.3. The zero-order chi connectivity index (χ0) is 13.8. The number of nitrogens with zero attached hydrogens (tertiary/aromatic N) is 1. The van der Waals surface area contributed by atoms with Crippen molar-refractivity contribution in [2.24, 2.45) is 0 Å². The van der Waals surface area contributed by atoms with E-state index < -0.39 is 0 Å². The maximum absolute atomic E-state index is 12.2. The molecule has 0 aliphatic carbocycles. The van der Waals surface area contributed by atoms with Gasteiger partial charge in [0.05, 0.1) is 6.04 Å². The molecule has 2 unspecified atom stereocenters. The Hall–Kier alpha value is -1.55. The van der Waals surface area contributed by atoms with Crippen molar-refractivity contribution in [3.63, 3.8) is 0 Å². The van der Waals surface area contributed by atoms with Crippen molar-refractivity contribution in [3.8, 4) is 5.75 Å². The number of carbonyl (C=O) groups is 1. The highest BCUT2D eigenvalue weighted by Gasteiger charge is 2.24. The lowest BCUT2D eigenvalue weighted by molar-refractivity contribution is -0.132. The number of likely N-dealkylation sites (tertiary alicyclic amines) is 1. The van der Waals surface area contributed by atoms with Crippen molar-refractivity contribution in [1.29, 1.82) is 0 Å². The summed E-state index contributed by atoms with van der Waals surface area (Å²) >= 11 is 0. The molecule has 1 aromatic rings. The molecule has 0 bridgehead atoms. The summed E-state index contributed by atoms with van der Waals surface area (Å²) in [5, 5.41) is 13.1. The second-order valence-electron chi connectivity index (χ2n) is 5.20. The van der Waals surface area contributed by atoms with Crippen LogP contribution in [0.5, 0.6) is 5.75 Å². The van der Waals surface area contributed by atoms with Crippen molar-refractivity contribution in [3.05, 3.63) is 29.8 Å². The van der Waals surface area contributed by atoms with Gasteiger partial charge in [-0.25, -0.2) is 0 Å². The van der Waals surface area contributed by atoms with Crippen LogP contribution in [-0.4, -0.2) is 35.0 Å². The molecule has 1 aromatic carbocycles. The standard InChI is InChI=1S/C15H22N2O2/c1-11(13-7-3-4-8-14(13)18)16-12(2)15(19)17-9-5-6-10-17/h3-4,7-8,11-12,16,18H,5-6,9-10H2,1-2H3. The van der Waals surface area contributed by atoms with Gasteiger partial charge in [0.2, 0.25) is 5.91 Å². The minimum Gasteiger partial charge on any atom is -0.508 e. The minimum absolute atomic E-state index is 0.0530. The van der Waals surface area contributed by atoms with Gasteiger partial charge in [0.25, 0.3) is 0 Å². The van der Waals surface area contributed by atoms with Gasteiger partial charge in [0.1, 0.15) is 5.75 Å². The molecule has 0 radical (unpaired) electrons. The molecule has 4 nitrogen and oxygen atoms in total. The third-order valence-corrected chi connectivity index (χ3v) is 3.69. The molecule has 19 heavy (non-hydrogen) atoms. The van der Waals surface area contributed by atoms with Crippen LogP contribution in [0.25, 0.3) is 0 Å². The first-order valence-electron chi connectivity index (χ1n) is 6.92. The number of nitrogens with one attached hydrogen (secondary N) is 1. The number of benzene rings is 1. The number of aromatic hydroxyl groups is 1. The molecule has 1 aliphatic rings. The summed E-state index contributed by atoms with van der Waals surface area (Å²) in [7, 11) is 0. The van der Waals surface area contributed by atoms with Crippen LogP contribution in [0.4, 0.5) is 0 Å². The quantitative estimate of drug-likeness (QED) is 0.873. The second kappa shape index (κ2) is 6.06. The van der Waals surface area contributed by atoms with Crippen LogP contribution in [0.2, 0.25) is 0 Å². The zero-order valence-electron chi connectivity index (χ0n) is 11.6. The summed E-state index contributed by atoms with van der Waals surface area (Å²) in [4.78, 5) is 14.1. The van der Waals surface area contributed by atoms with E-state index in [9.17, 15) is 9.90 Å². The van der Waals surface area contributed by atoms with Gasteiger partial charge in [-0.1, -0.05) is 18.2 Å². The molecule has 2 atom stereocenters. The Balaban J connectivity index is 1.96. The summed E-state index contributed by atoms with van der Waals surface area (Å²) < 4.78 is 0. The maximum Gasteiger partial charge on any atom is 0.239 e. The van der Waals surface area contributed by atoms with E-state index in [4.69, 9.17) is 0 Å². The number of phenols is 1. The van der Waals surface area contributed by atoms with E-state index in [1.807, 2.05) is 30.9 Å². The Bertz CT molecular complexity index is 442. The first-order valence-corrected chi connectivity index (χ1v) is 6.92. The van der Waals surface area contributed by atoms with E-state index in [1.165, 1.54) is 0 Å². The van der Waals surface area contributed by atoms with Crippen LogP contribution in [0, 0.1) is 0 Å². The fourth-order valence-corrected chi connectivity index (χ4v) is 2.60. The average Bonchev–Trinajstić information content (AvgIpc) is 2.92. The number of hydrogen-bond donors (Lipinski definition) is 2. The summed E-state index contributed by atoms with van der Waals surface area (Å²) in [6, 6.07) is 6.95. The number of para-hydroxylation sites is 1. The van der Waals surface area contributed by atoms with Crippen molar-refractivity contribution in [2.45, 2.75) is 38.8 Å². The molecule has 1 heterocycles. The number of amides is 1. The molecule has 1 amide bonds. The zero-order valence-corrected chi connectivity index (χ0v) is 11.6. The molecule has 0 saturated carbocycles. The lowest BCUT2D eigenvalue weighted by Crippen LogP contribution is -2.44. The molecule has 104 valence electrons. The Labute approximate surface area is 114 Å². The van der Waals surface area contributed by atoms with Crippen molar-refractivity contribution >= 4 is 5.91 Å². The van der Waals surface area contributed by atoms with Gasteiger partial charge in [-0.15, -0.1) is 0 Å². The minimum atomic E-state index is -0.229. The lowest BCUT2D eigenvalue weighted by Gasteiger charge is -2.24. The predicted molar refractivity (Wildman–Crippen MR) is 74.9 cm³/mol. The molecule has 4 heteroatoms. The SMILES string of the molecule is CC(NC(C)c1ccccc1O)C(=O)N1CCCC1. The Morgan fingerprint density at radius 2 is 1.89 bits per heavy atom. The van der Waals surface area contributed by atoms with Crippen molar-refractivity contribution in [2.75, 3.05) is 13.1 Å². The largest absolute Gasteiger partial charge is 0.508 e. The third kappa shape index (κ3) is 3.26. The molecule has 0 aromatic heterocycles. The first-order chi connectivity index (χ1) is 9.09. The Kier molecular flexibility index (Phi) is 4.43. The van der Waals surface area contributed by atoms with Crippen molar-refractivity contribution < 1.29 is 9.90 Å². The monoisotopic (exact) mass is 262 g/mol. The van der Waals surface area contributed by atoms with Gasteiger partial charge in [-0.3, -0.25) is 10.1 Å². The molecule has 1 fully saturated rings. The smallest absolute Gasteiger partial charge is 0.239 e. The Morgan fingerprint density at radius 1 is 1.26 bits per heavy atom. The summed E-state index contributed by atoms with van der Waals surface area (Å²) in [5.74, 6) is 0.420. The molecule has 1 saturated heterocycles. The number of rotatable bonds is 4. The average molecular weight is 262 g/mol. The molecule has 0 spiro atoms. The molecular formula is C15H22N2O2. The third-order valence-electron chi connectivity index (χ3n) is 3.69. The van der Waals surface area contributed by atoms with Gasteiger partial charge in [0.15, 0.2) is 0 Å². The van der Waals surface area contributed by atoms with Gasteiger partial charge in [-0.2, -0.15) is 0 Å². The maximum atomic E-state index is 12.2. The number of phenolic OH excluding ortho intramolecular Hbond substituents is 1. The van der Waals surface area contributed by atoms with Gasteiger partial charge >= 0.3 is 0 Å². The van der Waals surface area contributed by atoms with Gasteiger partial charge < -0.3 is 10.0 Å². The van der Waals surface area contributed by atoms with Crippen LogP contribution in [0.1, 0.15) is 38.3 Å². The van der Waals surface area contributed by atoms with Crippen LogP contribution in [0.3, 0.4) is 0 Å². The summed E-state index contributed by atoms with van der Waals surface area (Å²) in [5.41, 5.74) is 0.823. The first kappa shape index (κ1) is 13.9. The highest BCUT2D eigenvalue weighted by atomic mass is 16.3. The van der Waals surface area contributed by atoms with Crippen LogP contribution in [0.15, 0.2) is 24.3 Å². The Morgan fingerprint density at radius 3 is 2.53 bits per heavy atom. The summed E-state index contributed by atoms with van der Waals surface area (Å²) in [6.07, 6.45) is 2.21. The van der Waals surface area contributed by atoms with Crippen LogP contribution >= 0.6 is 0 Å². The highest BCUT2D eigenvalue weighted by Crippen LogP contribution is 2.23. The van der Waals surface area contributed by atoms with Crippen molar-refractivity contribution in [1.82, 2.24) is 10.2 Å². The van der Waals surface area contributed by atoms with E-state index in [2.05, 4.69) is 5.32 Å². The molecular weight excluding hydrogens is 240 g/mol. The van der Waals surface area contributed by atoms with Crippen LogP contribution < -0.4 is 5.32 Å². The molecule has 2 rings (SSSR count). The molecule has 1 aliphatic heterocycles. The van der Waals surface area contributed by atoms with E-state index in [0.717, 1.165) is 31.5 Å². The fraction of sp³-hybridized carbons (Fsp3) is 0.533. The molecule has 2 N–H and O–H groups in total. The summed E-state index contributed by atoms with van der Waals surface area (Å²) in [6.45, 7) is 5.59. The fourth-order valence-electron chi connectivity index (χ4n) is 2.60. The predicted octanol–water partition coefficient (Wildman–Crippen LogP) is 2.05. The number of hydrogen-bond acceptors (Lipinski definition) is 3.